The standard InChI is InChI=1S/C15H21NO2/c1-12-5-4-6-13(7-12)16(8-14(2)10-17-14)9-15(3)11-18-15/h4-7H,8-11H2,1-3H3. The zero-order chi connectivity index (χ0) is 12.8. The van der Waals surface area contributed by atoms with Crippen molar-refractivity contribution >= 4 is 5.69 Å². The molecule has 2 atom stereocenters. The second kappa shape index (κ2) is 3.97. The topological polar surface area (TPSA) is 28.3 Å². The first kappa shape index (κ1) is 12.0. The summed E-state index contributed by atoms with van der Waals surface area (Å²) in [6, 6.07) is 8.65. The Kier molecular flexibility index (Phi) is 2.65. The van der Waals surface area contributed by atoms with E-state index in [4.69, 9.17) is 9.47 Å². The van der Waals surface area contributed by atoms with Crippen molar-refractivity contribution in [3.05, 3.63) is 29.8 Å². The summed E-state index contributed by atoms with van der Waals surface area (Å²) in [5, 5.41) is 0. The van der Waals surface area contributed by atoms with Crippen LogP contribution >= 0.6 is 0 Å². The van der Waals surface area contributed by atoms with Crippen LogP contribution in [0.1, 0.15) is 19.4 Å². The van der Waals surface area contributed by atoms with E-state index in [0.717, 1.165) is 26.3 Å². The van der Waals surface area contributed by atoms with E-state index < -0.39 is 0 Å². The quantitative estimate of drug-likeness (QED) is 0.748. The van der Waals surface area contributed by atoms with Gasteiger partial charge in [0.15, 0.2) is 0 Å². The number of nitrogens with zero attached hydrogens (tertiary/aromatic N) is 1. The van der Waals surface area contributed by atoms with Crippen LogP contribution in [-0.2, 0) is 9.47 Å². The van der Waals surface area contributed by atoms with Crippen LogP contribution in [-0.4, -0.2) is 37.5 Å². The van der Waals surface area contributed by atoms with Gasteiger partial charge in [0.25, 0.3) is 0 Å². The van der Waals surface area contributed by atoms with Crippen LogP contribution in [0.5, 0.6) is 0 Å². The van der Waals surface area contributed by atoms with Crippen LogP contribution in [0, 0.1) is 6.92 Å². The summed E-state index contributed by atoms with van der Waals surface area (Å²) in [6.07, 6.45) is 0. The fourth-order valence-electron chi connectivity index (χ4n) is 2.30. The predicted molar refractivity (Wildman–Crippen MR) is 72.1 cm³/mol. The van der Waals surface area contributed by atoms with Crippen molar-refractivity contribution in [2.75, 3.05) is 31.2 Å². The fourth-order valence-corrected chi connectivity index (χ4v) is 2.30. The highest BCUT2D eigenvalue weighted by molar-refractivity contribution is 5.49. The Bertz CT molecular complexity index is 430. The lowest BCUT2D eigenvalue weighted by Gasteiger charge is -2.28. The normalized spacial score (nSPS) is 33.3. The third-order valence-electron chi connectivity index (χ3n) is 3.69. The van der Waals surface area contributed by atoms with E-state index in [9.17, 15) is 0 Å². The first-order valence-corrected chi connectivity index (χ1v) is 6.58. The van der Waals surface area contributed by atoms with Gasteiger partial charge in [-0.3, -0.25) is 0 Å². The second-order valence-corrected chi connectivity index (χ2v) is 6.17. The van der Waals surface area contributed by atoms with Crippen LogP contribution in [0.3, 0.4) is 0 Å². The van der Waals surface area contributed by atoms with Gasteiger partial charge >= 0.3 is 0 Å². The van der Waals surface area contributed by atoms with Crippen LogP contribution in [0.15, 0.2) is 24.3 Å². The molecule has 2 heterocycles. The van der Waals surface area contributed by atoms with Gasteiger partial charge in [-0.25, -0.2) is 0 Å². The molecule has 2 aliphatic heterocycles. The molecule has 2 aliphatic rings. The molecule has 3 nitrogen and oxygen atoms in total. The summed E-state index contributed by atoms with van der Waals surface area (Å²) < 4.78 is 11.1. The maximum absolute atomic E-state index is 5.53. The first-order valence-electron chi connectivity index (χ1n) is 6.58. The monoisotopic (exact) mass is 247 g/mol. The fraction of sp³-hybridized carbons (Fsp3) is 0.600. The molecule has 2 fully saturated rings. The summed E-state index contributed by atoms with van der Waals surface area (Å²) >= 11 is 0. The van der Waals surface area contributed by atoms with Crippen molar-refractivity contribution in [1.29, 1.82) is 0 Å². The highest BCUT2D eigenvalue weighted by atomic mass is 16.6. The number of anilines is 1. The second-order valence-electron chi connectivity index (χ2n) is 6.17. The van der Waals surface area contributed by atoms with Gasteiger partial charge < -0.3 is 14.4 Å². The molecule has 0 N–H and O–H groups in total. The maximum Gasteiger partial charge on any atom is 0.106 e. The third-order valence-corrected chi connectivity index (χ3v) is 3.69. The summed E-state index contributed by atoms with van der Waals surface area (Å²) in [4.78, 5) is 2.40. The SMILES string of the molecule is Cc1cccc(N(CC2(C)CO2)CC2(C)CO2)c1. The molecule has 0 aliphatic carbocycles. The van der Waals surface area contributed by atoms with Crippen molar-refractivity contribution in [2.45, 2.75) is 32.0 Å². The number of benzene rings is 1. The van der Waals surface area contributed by atoms with Gasteiger partial charge in [-0.1, -0.05) is 12.1 Å². The zero-order valence-electron chi connectivity index (χ0n) is 11.4. The summed E-state index contributed by atoms with van der Waals surface area (Å²) in [7, 11) is 0. The number of hydrogen-bond acceptors (Lipinski definition) is 3. The molecule has 1 aromatic carbocycles. The highest BCUT2D eigenvalue weighted by Gasteiger charge is 2.45. The molecule has 3 heteroatoms. The molecule has 2 unspecified atom stereocenters. The molecule has 18 heavy (non-hydrogen) atoms. The molecule has 0 radical (unpaired) electrons. The Morgan fingerprint density at radius 3 is 2.11 bits per heavy atom. The first-order chi connectivity index (χ1) is 8.48. The molecule has 0 spiro atoms. The largest absolute Gasteiger partial charge is 0.368 e. The molecule has 2 saturated heterocycles. The Balaban J connectivity index is 1.79. The van der Waals surface area contributed by atoms with Gasteiger partial charge in [0.1, 0.15) is 11.2 Å². The molecule has 0 saturated carbocycles. The molecule has 1 aromatic rings. The van der Waals surface area contributed by atoms with E-state index in [1.807, 2.05) is 0 Å². The van der Waals surface area contributed by atoms with E-state index in [-0.39, 0.29) is 11.2 Å². The van der Waals surface area contributed by atoms with Gasteiger partial charge in [-0.05, 0) is 38.5 Å². The Morgan fingerprint density at radius 2 is 1.67 bits per heavy atom. The number of ether oxygens (including phenoxy) is 2. The number of rotatable bonds is 5. The predicted octanol–water partition coefficient (Wildman–Crippen LogP) is 2.38. The summed E-state index contributed by atoms with van der Waals surface area (Å²) in [6.45, 7) is 10.1. The van der Waals surface area contributed by atoms with Gasteiger partial charge in [0, 0.05) is 18.8 Å². The molecule has 0 bridgehead atoms. The molecule has 0 amide bonds. The van der Waals surface area contributed by atoms with Gasteiger partial charge in [0.2, 0.25) is 0 Å². The number of aryl methyl sites for hydroxylation is 1. The van der Waals surface area contributed by atoms with Gasteiger partial charge in [-0.15, -0.1) is 0 Å². The zero-order valence-corrected chi connectivity index (χ0v) is 11.4. The molecular formula is C15H21NO2. The van der Waals surface area contributed by atoms with E-state index in [1.165, 1.54) is 11.3 Å². The van der Waals surface area contributed by atoms with Crippen LogP contribution in [0.25, 0.3) is 0 Å². The van der Waals surface area contributed by atoms with E-state index in [1.54, 1.807) is 0 Å². The minimum absolute atomic E-state index is 0.0367. The average molecular weight is 247 g/mol. The smallest absolute Gasteiger partial charge is 0.106 e. The minimum atomic E-state index is 0.0367. The third kappa shape index (κ3) is 2.68. The molecular weight excluding hydrogens is 226 g/mol. The number of epoxide rings is 2. The van der Waals surface area contributed by atoms with Gasteiger partial charge in [-0.2, -0.15) is 0 Å². The van der Waals surface area contributed by atoms with Gasteiger partial charge in [0.05, 0.1) is 13.2 Å². The van der Waals surface area contributed by atoms with Crippen molar-refractivity contribution in [2.24, 2.45) is 0 Å². The van der Waals surface area contributed by atoms with E-state index >= 15 is 0 Å². The van der Waals surface area contributed by atoms with Crippen LogP contribution < -0.4 is 4.90 Å². The lowest BCUT2D eigenvalue weighted by molar-refractivity contribution is 0.300. The van der Waals surface area contributed by atoms with Crippen LogP contribution in [0.4, 0.5) is 5.69 Å². The Morgan fingerprint density at radius 1 is 1.11 bits per heavy atom. The molecule has 0 aromatic heterocycles. The van der Waals surface area contributed by atoms with Crippen molar-refractivity contribution in [3.8, 4) is 0 Å². The van der Waals surface area contributed by atoms with E-state index in [2.05, 4.69) is 49.9 Å². The number of hydrogen-bond donors (Lipinski definition) is 0. The van der Waals surface area contributed by atoms with Crippen molar-refractivity contribution in [1.82, 2.24) is 0 Å². The van der Waals surface area contributed by atoms with Crippen molar-refractivity contribution in [3.63, 3.8) is 0 Å². The molecule has 3 rings (SSSR count). The lowest BCUT2D eigenvalue weighted by atomic mass is 10.1. The Hall–Kier alpha value is -1.06. The van der Waals surface area contributed by atoms with Crippen LogP contribution in [0.2, 0.25) is 0 Å². The minimum Gasteiger partial charge on any atom is -0.368 e. The average Bonchev–Trinajstić information content (AvgIpc) is 3.20. The molecule has 98 valence electrons. The lowest BCUT2D eigenvalue weighted by Crippen LogP contribution is -2.39. The summed E-state index contributed by atoms with van der Waals surface area (Å²) in [5.41, 5.74) is 2.63. The van der Waals surface area contributed by atoms with E-state index in [0.29, 0.717) is 0 Å². The maximum atomic E-state index is 5.53. The summed E-state index contributed by atoms with van der Waals surface area (Å²) in [5.74, 6) is 0. The Labute approximate surface area is 109 Å². The van der Waals surface area contributed by atoms with Crippen molar-refractivity contribution < 1.29 is 9.47 Å². The highest BCUT2D eigenvalue weighted by Crippen LogP contribution is 2.34.